The van der Waals surface area contributed by atoms with Crippen LogP contribution in [-0.4, -0.2) is 33.3 Å². The standard InChI is InChI=1S/C15H17N5O2/c1-8-7-12(17-13(21)9-5-6-9)20(19-8)15-16-11-4-2-3-10(11)14(22)18-15/h7,9-10H,2-6H2,1H3,(H,17,21). The Morgan fingerprint density at radius 2 is 2.14 bits per heavy atom. The van der Waals surface area contributed by atoms with Crippen molar-refractivity contribution in [2.45, 2.75) is 39.0 Å². The number of amides is 2. The van der Waals surface area contributed by atoms with E-state index in [0.29, 0.717) is 5.82 Å². The molecule has 2 amide bonds. The highest BCUT2D eigenvalue weighted by molar-refractivity contribution is 6.17. The second kappa shape index (κ2) is 4.86. The number of aliphatic imine (C=N–C) groups is 2. The molecule has 2 saturated carbocycles. The summed E-state index contributed by atoms with van der Waals surface area (Å²) in [4.78, 5) is 32.7. The number of hydrogen-bond donors (Lipinski definition) is 1. The van der Waals surface area contributed by atoms with Gasteiger partial charge in [-0.3, -0.25) is 9.59 Å². The predicted molar refractivity (Wildman–Crippen MR) is 80.9 cm³/mol. The number of hydrogen-bond acceptors (Lipinski definition) is 4. The van der Waals surface area contributed by atoms with Crippen LogP contribution in [0, 0.1) is 18.8 Å². The molecule has 1 aromatic rings. The number of aryl methyl sites for hydroxylation is 1. The van der Waals surface area contributed by atoms with Crippen molar-refractivity contribution >= 4 is 29.3 Å². The maximum atomic E-state index is 12.1. The van der Waals surface area contributed by atoms with E-state index in [0.717, 1.165) is 43.5 Å². The number of carbonyl (C=O) groups is 2. The Labute approximate surface area is 127 Å². The Morgan fingerprint density at radius 3 is 2.91 bits per heavy atom. The number of anilines is 1. The Morgan fingerprint density at radius 1 is 1.32 bits per heavy atom. The van der Waals surface area contributed by atoms with Crippen molar-refractivity contribution in [2.75, 3.05) is 5.32 Å². The van der Waals surface area contributed by atoms with Gasteiger partial charge in [-0.2, -0.15) is 14.8 Å². The maximum Gasteiger partial charge on any atom is 0.257 e. The molecule has 114 valence electrons. The van der Waals surface area contributed by atoms with Crippen LogP contribution in [0.3, 0.4) is 0 Å². The molecule has 0 radical (unpaired) electrons. The molecule has 1 unspecified atom stereocenters. The fourth-order valence-corrected chi connectivity index (χ4v) is 2.97. The van der Waals surface area contributed by atoms with Gasteiger partial charge in [-0.15, -0.1) is 0 Å². The molecule has 0 saturated heterocycles. The predicted octanol–water partition coefficient (Wildman–Crippen LogP) is 1.53. The zero-order chi connectivity index (χ0) is 15.3. The molecule has 0 aromatic carbocycles. The van der Waals surface area contributed by atoms with Crippen molar-refractivity contribution in [1.29, 1.82) is 0 Å². The fourth-order valence-electron chi connectivity index (χ4n) is 2.97. The highest BCUT2D eigenvalue weighted by atomic mass is 16.2. The second-order valence-corrected chi connectivity index (χ2v) is 6.14. The van der Waals surface area contributed by atoms with E-state index in [4.69, 9.17) is 0 Å². The molecular formula is C15H17N5O2. The molecule has 2 aliphatic carbocycles. The van der Waals surface area contributed by atoms with Gasteiger partial charge in [0.1, 0.15) is 5.82 Å². The van der Waals surface area contributed by atoms with Crippen LogP contribution in [0.2, 0.25) is 0 Å². The van der Waals surface area contributed by atoms with E-state index in [1.807, 2.05) is 6.92 Å². The minimum Gasteiger partial charge on any atom is -0.310 e. The van der Waals surface area contributed by atoms with Crippen molar-refractivity contribution < 1.29 is 9.59 Å². The summed E-state index contributed by atoms with van der Waals surface area (Å²) in [7, 11) is 0. The van der Waals surface area contributed by atoms with Crippen molar-refractivity contribution in [1.82, 2.24) is 9.78 Å². The molecule has 1 atom stereocenters. The molecule has 22 heavy (non-hydrogen) atoms. The summed E-state index contributed by atoms with van der Waals surface area (Å²) in [5, 5.41) is 7.19. The SMILES string of the molecule is Cc1cc(NC(=O)C2CC2)n(C2=NC(=O)C3CCCC3=N2)n1. The molecule has 1 aromatic heterocycles. The summed E-state index contributed by atoms with van der Waals surface area (Å²) >= 11 is 0. The maximum absolute atomic E-state index is 12.1. The van der Waals surface area contributed by atoms with Crippen LogP contribution in [0.25, 0.3) is 0 Å². The summed E-state index contributed by atoms with van der Waals surface area (Å²) in [6.07, 6.45) is 4.50. The third-order valence-electron chi connectivity index (χ3n) is 4.30. The van der Waals surface area contributed by atoms with E-state index < -0.39 is 0 Å². The minimum atomic E-state index is -0.148. The van der Waals surface area contributed by atoms with Crippen molar-refractivity contribution in [3.8, 4) is 0 Å². The van der Waals surface area contributed by atoms with Gasteiger partial charge >= 0.3 is 0 Å². The summed E-state index contributed by atoms with van der Waals surface area (Å²) < 4.78 is 1.47. The molecule has 1 aliphatic heterocycles. The molecule has 2 heterocycles. The monoisotopic (exact) mass is 299 g/mol. The number of nitrogens with zero attached hydrogens (tertiary/aromatic N) is 4. The first-order chi connectivity index (χ1) is 10.6. The van der Waals surface area contributed by atoms with E-state index in [2.05, 4.69) is 20.4 Å². The van der Waals surface area contributed by atoms with Gasteiger partial charge in [0.25, 0.3) is 11.9 Å². The van der Waals surface area contributed by atoms with Crippen molar-refractivity contribution in [2.24, 2.45) is 21.8 Å². The minimum absolute atomic E-state index is 0.00437. The lowest BCUT2D eigenvalue weighted by Crippen LogP contribution is -2.29. The van der Waals surface area contributed by atoms with Crippen LogP contribution < -0.4 is 5.32 Å². The Balaban J connectivity index is 1.67. The van der Waals surface area contributed by atoms with E-state index in [-0.39, 0.29) is 29.6 Å². The second-order valence-electron chi connectivity index (χ2n) is 6.14. The van der Waals surface area contributed by atoms with Gasteiger partial charge in [-0.05, 0) is 39.0 Å². The fraction of sp³-hybridized carbons (Fsp3) is 0.533. The van der Waals surface area contributed by atoms with Crippen LogP contribution in [0.15, 0.2) is 16.1 Å². The number of aromatic nitrogens is 2. The molecule has 0 spiro atoms. The average molecular weight is 299 g/mol. The lowest BCUT2D eigenvalue weighted by Gasteiger charge is -2.15. The third-order valence-corrected chi connectivity index (χ3v) is 4.30. The first-order valence-corrected chi connectivity index (χ1v) is 7.70. The Hall–Kier alpha value is -2.31. The van der Waals surface area contributed by atoms with E-state index in [1.165, 1.54) is 4.68 Å². The number of nitrogens with one attached hydrogen (secondary N) is 1. The summed E-state index contributed by atoms with van der Waals surface area (Å²) in [5.41, 5.74) is 1.64. The van der Waals surface area contributed by atoms with Gasteiger partial charge < -0.3 is 5.32 Å². The highest BCUT2D eigenvalue weighted by Gasteiger charge is 2.34. The summed E-state index contributed by atoms with van der Waals surface area (Å²) in [6, 6.07) is 1.77. The van der Waals surface area contributed by atoms with Crippen LogP contribution in [-0.2, 0) is 9.59 Å². The molecule has 7 heteroatoms. The van der Waals surface area contributed by atoms with Crippen LogP contribution in [0.4, 0.5) is 5.82 Å². The van der Waals surface area contributed by atoms with Gasteiger partial charge in [0.15, 0.2) is 0 Å². The number of rotatable bonds is 2. The highest BCUT2D eigenvalue weighted by Crippen LogP contribution is 2.31. The number of carbonyl (C=O) groups excluding carboxylic acids is 2. The topological polar surface area (TPSA) is 88.7 Å². The largest absolute Gasteiger partial charge is 0.310 e. The first-order valence-electron chi connectivity index (χ1n) is 7.70. The van der Waals surface area contributed by atoms with Crippen LogP contribution in [0.5, 0.6) is 0 Å². The zero-order valence-electron chi connectivity index (χ0n) is 12.4. The smallest absolute Gasteiger partial charge is 0.257 e. The lowest BCUT2D eigenvalue weighted by atomic mass is 10.1. The average Bonchev–Trinajstić information content (AvgIpc) is 3.11. The summed E-state index contributed by atoms with van der Waals surface area (Å²) in [5.74, 6) is 0.591. The van der Waals surface area contributed by atoms with Crippen LogP contribution >= 0.6 is 0 Å². The molecule has 2 fully saturated rings. The van der Waals surface area contributed by atoms with E-state index >= 15 is 0 Å². The summed E-state index contributed by atoms with van der Waals surface area (Å²) in [6.45, 7) is 1.83. The Kier molecular flexibility index (Phi) is 2.95. The van der Waals surface area contributed by atoms with Gasteiger partial charge in [-0.25, -0.2) is 4.99 Å². The molecule has 0 bridgehead atoms. The lowest BCUT2D eigenvalue weighted by molar-refractivity contribution is -0.119. The van der Waals surface area contributed by atoms with Gasteiger partial charge in [0.2, 0.25) is 5.91 Å². The van der Waals surface area contributed by atoms with Crippen molar-refractivity contribution in [3.63, 3.8) is 0 Å². The molecule has 7 nitrogen and oxygen atoms in total. The first kappa shape index (κ1) is 13.4. The number of fused-ring (bicyclic) bond motifs is 1. The molecule has 3 aliphatic rings. The third kappa shape index (κ3) is 2.26. The van der Waals surface area contributed by atoms with Gasteiger partial charge in [0.05, 0.1) is 11.6 Å². The normalized spacial score (nSPS) is 23.9. The zero-order valence-corrected chi connectivity index (χ0v) is 12.4. The van der Waals surface area contributed by atoms with Crippen LogP contribution in [0.1, 0.15) is 37.8 Å². The molecule has 1 N–H and O–H groups in total. The van der Waals surface area contributed by atoms with E-state index in [1.54, 1.807) is 6.07 Å². The van der Waals surface area contributed by atoms with Gasteiger partial charge in [0, 0.05) is 17.7 Å². The molecule has 4 rings (SSSR count). The van der Waals surface area contributed by atoms with E-state index in [9.17, 15) is 9.59 Å². The molecular weight excluding hydrogens is 282 g/mol. The Bertz CT molecular complexity index is 726. The van der Waals surface area contributed by atoms with Gasteiger partial charge in [-0.1, -0.05) is 0 Å². The van der Waals surface area contributed by atoms with Crippen molar-refractivity contribution in [3.05, 3.63) is 11.8 Å². The quantitative estimate of drug-likeness (QED) is 0.898.